The van der Waals surface area contributed by atoms with E-state index in [1.165, 1.54) is 0 Å². The van der Waals surface area contributed by atoms with Crippen LogP contribution in [0.2, 0.25) is 0 Å². The lowest BCUT2D eigenvalue weighted by atomic mass is 9.85. The Kier molecular flexibility index (Phi) is 6.86. The summed E-state index contributed by atoms with van der Waals surface area (Å²) in [4.78, 5) is 27.2. The van der Waals surface area contributed by atoms with Crippen molar-refractivity contribution in [1.29, 1.82) is 0 Å². The van der Waals surface area contributed by atoms with E-state index < -0.39 is 5.97 Å². The van der Waals surface area contributed by atoms with E-state index in [-0.39, 0.29) is 30.8 Å². The van der Waals surface area contributed by atoms with Gasteiger partial charge in [0, 0.05) is 31.8 Å². The number of likely N-dealkylation sites (N-methyl/N-ethyl adjacent to an activating group) is 1. The SMILES string of the molecule is CCN(CC(=O)O)C1CC(NC(=O)N2CCCOC(C(C)C)C2)C1. The largest absolute Gasteiger partial charge is 0.480 e. The maximum absolute atomic E-state index is 12.5. The van der Waals surface area contributed by atoms with Gasteiger partial charge < -0.3 is 20.1 Å². The number of carbonyl (C=O) groups excluding carboxylic acids is 1. The summed E-state index contributed by atoms with van der Waals surface area (Å²) in [6.07, 6.45) is 2.61. The molecule has 2 fully saturated rings. The lowest BCUT2D eigenvalue weighted by Crippen LogP contribution is -2.57. The molecular formula is C17H31N3O4. The number of nitrogens with zero attached hydrogens (tertiary/aromatic N) is 2. The Hall–Kier alpha value is -1.34. The molecule has 2 aliphatic rings. The third kappa shape index (κ3) is 5.08. The Balaban J connectivity index is 1.78. The minimum absolute atomic E-state index is 0.0177. The van der Waals surface area contributed by atoms with Crippen molar-refractivity contribution < 1.29 is 19.4 Å². The van der Waals surface area contributed by atoms with Gasteiger partial charge >= 0.3 is 12.0 Å². The van der Waals surface area contributed by atoms with E-state index in [0.717, 1.165) is 32.4 Å². The fraction of sp³-hybridized carbons (Fsp3) is 0.882. The van der Waals surface area contributed by atoms with Crippen LogP contribution in [-0.2, 0) is 9.53 Å². The van der Waals surface area contributed by atoms with Crippen molar-refractivity contribution in [1.82, 2.24) is 15.1 Å². The van der Waals surface area contributed by atoms with Crippen molar-refractivity contribution in [3.63, 3.8) is 0 Å². The van der Waals surface area contributed by atoms with E-state index in [4.69, 9.17) is 9.84 Å². The second-order valence-electron chi connectivity index (χ2n) is 7.18. The van der Waals surface area contributed by atoms with Crippen molar-refractivity contribution in [2.45, 2.75) is 58.2 Å². The zero-order chi connectivity index (χ0) is 17.7. The first-order chi connectivity index (χ1) is 11.4. The number of amides is 2. The molecule has 0 aromatic heterocycles. The van der Waals surface area contributed by atoms with Crippen molar-refractivity contribution in [2.24, 2.45) is 5.92 Å². The standard InChI is InChI=1S/C17H31N3O4/c1-4-19(11-16(21)22)14-8-13(9-14)18-17(23)20-6-5-7-24-15(10-20)12(2)3/h12-15H,4-11H2,1-3H3,(H,18,23)(H,21,22). The lowest BCUT2D eigenvalue weighted by molar-refractivity contribution is -0.139. The normalized spacial score (nSPS) is 27.7. The molecule has 0 aromatic carbocycles. The van der Waals surface area contributed by atoms with E-state index in [0.29, 0.717) is 19.1 Å². The summed E-state index contributed by atoms with van der Waals surface area (Å²) >= 11 is 0. The number of urea groups is 1. The second-order valence-corrected chi connectivity index (χ2v) is 7.18. The van der Waals surface area contributed by atoms with Crippen LogP contribution in [0.1, 0.15) is 40.0 Å². The van der Waals surface area contributed by atoms with E-state index in [1.807, 2.05) is 16.7 Å². The molecule has 7 nitrogen and oxygen atoms in total. The van der Waals surface area contributed by atoms with Crippen molar-refractivity contribution in [3.8, 4) is 0 Å². The average Bonchev–Trinajstić information content (AvgIpc) is 2.74. The molecule has 1 saturated heterocycles. The molecule has 2 rings (SSSR count). The van der Waals surface area contributed by atoms with Gasteiger partial charge in [-0.15, -0.1) is 0 Å². The molecule has 0 spiro atoms. The van der Waals surface area contributed by atoms with Crippen molar-refractivity contribution >= 4 is 12.0 Å². The molecule has 0 aromatic rings. The quantitative estimate of drug-likeness (QED) is 0.763. The van der Waals surface area contributed by atoms with Gasteiger partial charge in [0.1, 0.15) is 0 Å². The molecule has 1 heterocycles. The predicted octanol–water partition coefficient (Wildman–Crippen LogP) is 1.38. The molecule has 2 amide bonds. The molecule has 1 atom stereocenters. The Labute approximate surface area is 144 Å². The molecule has 1 aliphatic heterocycles. The molecule has 0 bridgehead atoms. The van der Waals surface area contributed by atoms with E-state index in [9.17, 15) is 9.59 Å². The van der Waals surface area contributed by atoms with E-state index in [2.05, 4.69) is 19.2 Å². The number of hydrogen-bond acceptors (Lipinski definition) is 4. The highest BCUT2D eigenvalue weighted by atomic mass is 16.5. The number of aliphatic carboxylic acids is 1. The zero-order valence-electron chi connectivity index (χ0n) is 15.0. The highest BCUT2D eigenvalue weighted by Gasteiger charge is 2.36. The van der Waals surface area contributed by atoms with Gasteiger partial charge in [-0.1, -0.05) is 20.8 Å². The number of nitrogens with one attached hydrogen (secondary N) is 1. The number of carboxylic acid groups (broad SMARTS) is 1. The van der Waals surface area contributed by atoms with Crippen LogP contribution in [0.3, 0.4) is 0 Å². The maximum Gasteiger partial charge on any atom is 0.317 e. The Morgan fingerprint density at radius 1 is 1.38 bits per heavy atom. The van der Waals surface area contributed by atoms with Gasteiger partial charge in [0.05, 0.1) is 12.6 Å². The number of hydrogen-bond donors (Lipinski definition) is 2. The van der Waals surface area contributed by atoms with Crippen LogP contribution < -0.4 is 5.32 Å². The molecule has 1 saturated carbocycles. The minimum Gasteiger partial charge on any atom is -0.480 e. The highest BCUT2D eigenvalue weighted by molar-refractivity contribution is 5.74. The summed E-state index contributed by atoms with van der Waals surface area (Å²) in [5, 5.41) is 12.0. The van der Waals surface area contributed by atoms with E-state index in [1.54, 1.807) is 0 Å². The second kappa shape index (κ2) is 8.67. The van der Waals surface area contributed by atoms with Gasteiger partial charge in [0.15, 0.2) is 0 Å². The molecule has 24 heavy (non-hydrogen) atoms. The fourth-order valence-corrected chi connectivity index (χ4v) is 3.38. The van der Waals surface area contributed by atoms with Crippen LogP contribution in [0.15, 0.2) is 0 Å². The zero-order valence-corrected chi connectivity index (χ0v) is 15.0. The molecule has 2 N–H and O–H groups in total. The first kappa shape index (κ1) is 19.0. The summed E-state index contributed by atoms with van der Waals surface area (Å²) < 4.78 is 5.81. The molecule has 7 heteroatoms. The number of carbonyl (C=O) groups is 2. The fourth-order valence-electron chi connectivity index (χ4n) is 3.38. The van der Waals surface area contributed by atoms with Crippen LogP contribution >= 0.6 is 0 Å². The first-order valence-electron chi connectivity index (χ1n) is 9.03. The molecule has 0 radical (unpaired) electrons. The topological polar surface area (TPSA) is 82.1 Å². The van der Waals surface area contributed by atoms with Gasteiger partial charge in [-0.3, -0.25) is 9.69 Å². The Bertz CT molecular complexity index is 438. The predicted molar refractivity (Wildman–Crippen MR) is 91.0 cm³/mol. The monoisotopic (exact) mass is 341 g/mol. The van der Waals surface area contributed by atoms with Crippen LogP contribution in [0.5, 0.6) is 0 Å². The Morgan fingerprint density at radius 2 is 2.08 bits per heavy atom. The molecule has 1 aliphatic carbocycles. The molecule has 138 valence electrons. The summed E-state index contributed by atoms with van der Waals surface area (Å²) in [6.45, 7) is 9.06. The number of carboxylic acids is 1. The number of rotatable bonds is 6. The van der Waals surface area contributed by atoms with Crippen molar-refractivity contribution in [3.05, 3.63) is 0 Å². The van der Waals surface area contributed by atoms with Gasteiger partial charge in [-0.2, -0.15) is 0 Å². The first-order valence-corrected chi connectivity index (χ1v) is 9.03. The molecular weight excluding hydrogens is 310 g/mol. The Morgan fingerprint density at radius 3 is 2.67 bits per heavy atom. The van der Waals surface area contributed by atoms with Gasteiger partial charge in [0.2, 0.25) is 0 Å². The highest BCUT2D eigenvalue weighted by Crippen LogP contribution is 2.26. The summed E-state index contributed by atoms with van der Waals surface area (Å²) in [7, 11) is 0. The lowest BCUT2D eigenvalue weighted by Gasteiger charge is -2.42. The van der Waals surface area contributed by atoms with Gasteiger partial charge in [-0.25, -0.2) is 4.79 Å². The molecule has 1 unspecified atom stereocenters. The third-order valence-corrected chi connectivity index (χ3v) is 5.04. The van der Waals surface area contributed by atoms with Crippen LogP contribution in [0.4, 0.5) is 4.79 Å². The van der Waals surface area contributed by atoms with Crippen LogP contribution in [0.25, 0.3) is 0 Å². The minimum atomic E-state index is -0.798. The average molecular weight is 341 g/mol. The summed E-state index contributed by atoms with van der Waals surface area (Å²) in [5.74, 6) is -0.408. The smallest absolute Gasteiger partial charge is 0.317 e. The van der Waals surface area contributed by atoms with Crippen LogP contribution in [-0.4, -0.2) is 77.9 Å². The summed E-state index contributed by atoms with van der Waals surface area (Å²) in [5.41, 5.74) is 0. The van der Waals surface area contributed by atoms with Gasteiger partial charge in [0.25, 0.3) is 0 Å². The maximum atomic E-state index is 12.5. The van der Waals surface area contributed by atoms with Crippen LogP contribution in [0, 0.1) is 5.92 Å². The summed E-state index contributed by atoms with van der Waals surface area (Å²) in [6, 6.07) is 0.384. The van der Waals surface area contributed by atoms with Gasteiger partial charge in [-0.05, 0) is 31.7 Å². The van der Waals surface area contributed by atoms with Crippen molar-refractivity contribution in [2.75, 3.05) is 32.8 Å². The van der Waals surface area contributed by atoms with E-state index >= 15 is 0 Å². The third-order valence-electron chi connectivity index (χ3n) is 5.04. The number of ether oxygens (including phenoxy) is 1.